The standard InChI is InChI=1S/C17H25N5O3/c1-10(2)22(8-14-12(4)19-20(6)13(14)5)15(23)9-21-7-11(3)16(24)18-17(21)25/h7,10H,8-9H2,1-6H3,(H,18,24,25). The highest BCUT2D eigenvalue weighted by Gasteiger charge is 2.21. The SMILES string of the molecule is Cc1nn(C)c(C)c1CN(C(=O)Cn1cc(C)c(=O)[nH]c1=O)C(C)C. The highest BCUT2D eigenvalue weighted by atomic mass is 16.2. The molecule has 0 fully saturated rings. The molecule has 0 spiro atoms. The lowest BCUT2D eigenvalue weighted by molar-refractivity contribution is -0.134. The first-order chi connectivity index (χ1) is 11.6. The minimum absolute atomic E-state index is 0.0360. The van der Waals surface area contributed by atoms with E-state index in [0.717, 1.165) is 17.0 Å². The van der Waals surface area contributed by atoms with Crippen molar-refractivity contribution in [3.63, 3.8) is 0 Å². The number of carbonyl (C=O) groups is 1. The number of hydrogen-bond donors (Lipinski definition) is 1. The molecule has 0 saturated heterocycles. The zero-order valence-electron chi connectivity index (χ0n) is 15.6. The smallest absolute Gasteiger partial charge is 0.328 e. The third-order valence-electron chi connectivity index (χ3n) is 4.43. The number of aromatic nitrogens is 4. The van der Waals surface area contributed by atoms with E-state index in [0.29, 0.717) is 12.1 Å². The van der Waals surface area contributed by atoms with Gasteiger partial charge in [-0.1, -0.05) is 0 Å². The first-order valence-electron chi connectivity index (χ1n) is 8.20. The predicted octanol–water partition coefficient (Wildman–Crippen LogP) is 0.633. The lowest BCUT2D eigenvalue weighted by Crippen LogP contribution is -2.41. The molecular formula is C17H25N5O3. The Hall–Kier alpha value is -2.64. The summed E-state index contributed by atoms with van der Waals surface area (Å²) in [7, 11) is 1.87. The maximum atomic E-state index is 12.8. The van der Waals surface area contributed by atoms with Gasteiger partial charge in [-0.3, -0.25) is 23.8 Å². The minimum atomic E-state index is -0.582. The number of rotatable bonds is 5. The van der Waals surface area contributed by atoms with Gasteiger partial charge in [0, 0.05) is 42.7 Å². The molecule has 0 aliphatic heterocycles. The Morgan fingerprint density at radius 1 is 1.28 bits per heavy atom. The number of aryl methyl sites for hydroxylation is 3. The van der Waals surface area contributed by atoms with E-state index in [9.17, 15) is 14.4 Å². The molecule has 8 heteroatoms. The fourth-order valence-corrected chi connectivity index (χ4v) is 2.75. The van der Waals surface area contributed by atoms with Gasteiger partial charge in [0.25, 0.3) is 5.56 Å². The molecule has 0 aliphatic rings. The topological polar surface area (TPSA) is 93.0 Å². The third kappa shape index (κ3) is 3.89. The van der Waals surface area contributed by atoms with E-state index in [1.165, 1.54) is 10.8 Å². The molecule has 2 heterocycles. The molecule has 0 aromatic carbocycles. The summed E-state index contributed by atoms with van der Waals surface area (Å²) < 4.78 is 3.03. The monoisotopic (exact) mass is 347 g/mol. The Balaban J connectivity index is 2.29. The highest BCUT2D eigenvalue weighted by Crippen LogP contribution is 2.16. The Morgan fingerprint density at radius 2 is 1.92 bits per heavy atom. The number of hydrogen-bond acceptors (Lipinski definition) is 4. The van der Waals surface area contributed by atoms with Crippen LogP contribution in [0.15, 0.2) is 15.8 Å². The van der Waals surface area contributed by atoms with Gasteiger partial charge in [-0.15, -0.1) is 0 Å². The summed E-state index contributed by atoms with van der Waals surface area (Å²) in [5, 5.41) is 4.39. The largest absolute Gasteiger partial charge is 0.334 e. The van der Waals surface area contributed by atoms with E-state index < -0.39 is 11.2 Å². The van der Waals surface area contributed by atoms with Crippen LogP contribution in [0.25, 0.3) is 0 Å². The Morgan fingerprint density at radius 3 is 2.44 bits per heavy atom. The number of carbonyl (C=O) groups excluding carboxylic acids is 1. The van der Waals surface area contributed by atoms with Crippen molar-refractivity contribution in [1.29, 1.82) is 0 Å². The molecule has 8 nitrogen and oxygen atoms in total. The summed E-state index contributed by atoms with van der Waals surface area (Å²) >= 11 is 0. The molecule has 2 aromatic heterocycles. The van der Waals surface area contributed by atoms with Gasteiger partial charge >= 0.3 is 5.69 Å². The average molecular weight is 347 g/mol. The predicted molar refractivity (Wildman–Crippen MR) is 94.4 cm³/mol. The molecular weight excluding hydrogens is 322 g/mol. The quantitative estimate of drug-likeness (QED) is 0.859. The number of nitrogens with one attached hydrogen (secondary N) is 1. The van der Waals surface area contributed by atoms with Crippen molar-refractivity contribution in [2.45, 2.75) is 53.8 Å². The molecule has 0 saturated carbocycles. The van der Waals surface area contributed by atoms with Gasteiger partial charge in [-0.25, -0.2) is 4.79 Å². The van der Waals surface area contributed by atoms with Crippen LogP contribution in [0.1, 0.15) is 36.4 Å². The van der Waals surface area contributed by atoms with Crippen molar-refractivity contribution in [2.24, 2.45) is 7.05 Å². The lowest BCUT2D eigenvalue weighted by atomic mass is 10.1. The summed E-state index contributed by atoms with van der Waals surface area (Å²) in [6.07, 6.45) is 1.41. The number of H-pyrrole nitrogens is 1. The van der Waals surface area contributed by atoms with Crippen molar-refractivity contribution < 1.29 is 4.79 Å². The molecule has 0 atom stereocenters. The van der Waals surface area contributed by atoms with Crippen molar-refractivity contribution in [3.8, 4) is 0 Å². The van der Waals surface area contributed by atoms with Gasteiger partial charge in [0.15, 0.2) is 0 Å². The summed E-state index contributed by atoms with van der Waals surface area (Å²) in [5.74, 6) is -0.189. The van der Waals surface area contributed by atoms with Crippen molar-refractivity contribution in [1.82, 2.24) is 24.2 Å². The van der Waals surface area contributed by atoms with Crippen LogP contribution in [0.5, 0.6) is 0 Å². The fourth-order valence-electron chi connectivity index (χ4n) is 2.75. The van der Waals surface area contributed by atoms with Gasteiger partial charge in [0.2, 0.25) is 5.91 Å². The van der Waals surface area contributed by atoms with E-state index in [1.807, 2.05) is 34.7 Å². The van der Waals surface area contributed by atoms with Gasteiger partial charge < -0.3 is 4.90 Å². The van der Waals surface area contributed by atoms with Crippen LogP contribution >= 0.6 is 0 Å². The molecule has 0 aliphatic carbocycles. The van der Waals surface area contributed by atoms with Crippen LogP contribution in [0, 0.1) is 20.8 Å². The number of aromatic amines is 1. The average Bonchev–Trinajstić information content (AvgIpc) is 2.75. The zero-order chi connectivity index (χ0) is 18.9. The molecule has 0 radical (unpaired) electrons. The van der Waals surface area contributed by atoms with E-state index in [2.05, 4.69) is 10.1 Å². The van der Waals surface area contributed by atoms with Gasteiger partial charge in [0.1, 0.15) is 6.54 Å². The summed E-state index contributed by atoms with van der Waals surface area (Å²) in [6.45, 7) is 9.66. The molecule has 0 unspecified atom stereocenters. The molecule has 2 rings (SSSR count). The zero-order valence-corrected chi connectivity index (χ0v) is 15.6. The van der Waals surface area contributed by atoms with Gasteiger partial charge in [0.05, 0.1) is 5.69 Å². The highest BCUT2D eigenvalue weighted by molar-refractivity contribution is 5.76. The maximum absolute atomic E-state index is 12.8. The molecule has 2 aromatic rings. The second-order valence-electron chi connectivity index (χ2n) is 6.59. The number of amides is 1. The van der Waals surface area contributed by atoms with Crippen LogP contribution < -0.4 is 11.2 Å². The number of nitrogens with zero attached hydrogens (tertiary/aromatic N) is 4. The fraction of sp³-hybridized carbons (Fsp3) is 0.529. The maximum Gasteiger partial charge on any atom is 0.328 e. The van der Waals surface area contributed by atoms with Crippen LogP contribution in [0.3, 0.4) is 0 Å². The van der Waals surface area contributed by atoms with Crippen LogP contribution in [-0.4, -0.2) is 36.2 Å². The molecule has 136 valence electrons. The Bertz CT molecular complexity index is 904. The Kier molecular flexibility index (Phi) is 5.30. The summed E-state index contributed by atoms with van der Waals surface area (Å²) in [5.41, 5.74) is 2.28. The summed E-state index contributed by atoms with van der Waals surface area (Å²) in [6, 6.07) is -0.0360. The van der Waals surface area contributed by atoms with Crippen LogP contribution in [0.2, 0.25) is 0 Å². The van der Waals surface area contributed by atoms with E-state index in [4.69, 9.17) is 0 Å². The third-order valence-corrected chi connectivity index (χ3v) is 4.43. The molecule has 1 amide bonds. The van der Waals surface area contributed by atoms with E-state index in [1.54, 1.807) is 16.5 Å². The van der Waals surface area contributed by atoms with Crippen LogP contribution in [0.4, 0.5) is 0 Å². The molecule has 0 bridgehead atoms. The van der Waals surface area contributed by atoms with Gasteiger partial charge in [-0.2, -0.15) is 5.10 Å². The minimum Gasteiger partial charge on any atom is -0.334 e. The summed E-state index contributed by atoms with van der Waals surface area (Å²) in [4.78, 5) is 40.1. The van der Waals surface area contributed by atoms with Gasteiger partial charge in [-0.05, 0) is 34.6 Å². The first-order valence-corrected chi connectivity index (χ1v) is 8.20. The molecule has 1 N–H and O–H groups in total. The Labute approximate surface area is 146 Å². The normalized spacial score (nSPS) is 11.2. The second-order valence-corrected chi connectivity index (χ2v) is 6.59. The first kappa shape index (κ1) is 18.7. The van der Waals surface area contributed by atoms with Crippen molar-refractivity contribution >= 4 is 5.91 Å². The molecule has 25 heavy (non-hydrogen) atoms. The lowest BCUT2D eigenvalue weighted by Gasteiger charge is -2.27. The van der Waals surface area contributed by atoms with Crippen molar-refractivity contribution in [3.05, 3.63) is 49.5 Å². The second kappa shape index (κ2) is 7.08. The van der Waals surface area contributed by atoms with Crippen molar-refractivity contribution in [2.75, 3.05) is 0 Å². The van der Waals surface area contributed by atoms with E-state index in [-0.39, 0.29) is 18.5 Å². The van der Waals surface area contributed by atoms with Crippen LogP contribution in [-0.2, 0) is 24.9 Å². The van der Waals surface area contributed by atoms with E-state index >= 15 is 0 Å².